The van der Waals surface area contributed by atoms with Crippen molar-refractivity contribution in [2.45, 2.75) is 38.1 Å². The minimum Gasteiger partial charge on any atom is -0.326 e. The summed E-state index contributed by atoms with van der Waals surface area (Å²) in [6.45, 7) is 5.17. The summed E-state index contributed by atoms with van der Waals surface area (Å²) in [5, 5.41) is 0. The highest BCUT2D eigenvalue weighted by molar-refractivity contribution is 9.11. The molecule has 1 aliphatic carbocycles. The molecule has 0 saturated heterocycles. The Morgan fingerprint density at radius 3 is 2.58 bits per heavy atom. The lowest BCUT2D eigenvalue weighted by Gasteiger charge is -2.19. The fourth-order valence-corrected chi connectivity index (χ4v) is 5.81. The lowest BCUT2D eigenvalue weighted by molar-refractivity contribution is 0.357. The molecule has 0 spiro atoms. The zero-order chi connectivity index (χ0) is 14.3. The quantitative estimate of drug-likeness (QED) is 0.812. The van der Waals surface area contributed by atoms with Gasteiger partial charge in [0.1, 0.15) is 4.90 Å². The Labute approximate surface area is 127 Å². The van der Waals surface area contributed by atoms with Crippen LogP contribution in [0.3, 0.4) is 0 Å². The van der Waals surface area contributed by atoms with Gasteiger partial charge in [0.05, 0.1) is 3.79 Å². The van der Waals surface area contributed by atoms with Crippen molar-refractivity contribution in [2.24, 2.45) is 17.1 Å². The molecule has 7 heteroatoms. The number of sulfonamides is 1. The molecule has 0 aliphatic heterocycles. The molecule has 2 rings (SSSR count). The summed E-state index contributed by atoms with van der Waals surface area (Å²) in [7, 11) is -3.45. The lowest BCUT2D eigenvalue weighted by Crippen LogP contribution is -2.32. The molecule has 0 amide bonds. The van der Waals surface area contributed by atoms with E-state index in [9.17, 15) is 8.42 Å². The smallest absolute Gasteiger partial charge is 0.242 e. The third kappa shape index (κ3) is 3.21. The van der Waals surface area contributed by atoms with Crippen LogP contribution in [0.2, 0.25) is 0 Å². The van der Waals surface area contributed by atoms with Gasteiger partial charge in [-0.25, -0.2) is 13.1 Å². The molecule has 4 nitrogen and oxygen atoms in total. The third-order valence-electron chi connectivity index (χ3n) is 3.93. The summed E-state index contributed by atoms with van der Waals surface area (Å²) in [6.07, 6.45) is 2.21. The highest BCUT2D eigenvalue weighted by atomic mass is 79.9. The third-order valence-corrected chi connectivity index (χ3v) is 7.60. The van der Waals surface area contributed by atoms with Gasteiger partial charge >= 0.3 is 0 Å². The van der Waals surface area contributed by atoms with Crippen LogP contribution in [0.5, 0.6) is 0 Å². The van der Waals surface area contributed by atoms with E-state index in [1.165, 1.54) is 11.3 Å². The molecule has 0 atom stereocenters. The zero-order valence-electron chi connectivity index (χ0n) is 11.1. The Kier molecular flexibility index (Phi) is 4.42. The van der Waals surface area contributed by atoms with Crippen LogP contribution in [0.15, 0.2) is 14.7 Å². The van der Waals surface area contributed by atoms with Crippen molar-refractivity contribution in [2.75, 3.05) is 6.54 Å². The van der Waals surface area contributed by atoms with Crippen LogP contribution in [-0.2, 0) is 16.6 Å². The molecule has 108 valence electrons. The van der Waals surface area contributed by atoms with Crippen molar-refractivity contribution in [3.05, 3.63) is 14.7 Å². The summed E-state index contributed by atoms with van der Waals surface area (Å²) >= 11 is 4.67. The lowest BCUT2D eigenvalue weighted by atomic mass is 9.93. The van der Waals surface area contributed by atoms with Gasteiger partial charge in [0, 0.05) is 18.0 Å². The second-order valence-corrected chi connectivity index (χ2v) is 9.59. The molecule has 3 N–H and O–H groups in total. The molecule has 1 aliphatic rings. The molecule has 1 heterocycles. The van der Waals surface area contributed by atoms with E-state index in [0.29, 0.717) is 27.7 Å². The van der Waals surface area contributed by atoms with Crippen LogP contribution in [0, 0.1) is 11.3 Å². The summed E-state index contributed by atoms with van der Waals surface area (Å²) in [5.74, 6) is 0.501. The second kappa shape index (κ2) is 5.44. The molecule has 1 aromatic heterocycles. The van der Waals surface area contributed by atoms with Gasteiger partial charge in [-0.3, -0.25) is 0 Å². The van der Waals surface area contributed by atoms with Crippen LogP contribution in [-0.4, -0.2) is 15.0 Å². The molecular formula is C12H19BrN2O2S2. The summed E-state index contributed by atoms with van der Waals surface area (Å²) in [5.41, 5.74) is 5.70. The van der Waals surface area contributed by atoms with Gasteiger partial charge in [0.15, 0.2) is 0 Å². The van der Waals surface area contributed by atoms with E-state index < -0.39 is 10.0 Å². The fraction of sp³-hybridized carbons (Fsp3) is 0.667. The van der Waals surface area contributed by atoms with Gasteiger partial charge < -0.3 is 5.73 Å². The van der Waals surface area contributed by atoms with E-state index in [1.54, 1.807) is 6.07 Å². The molecule has 0 aromatic carbocycles. The first-order valence-corrected chi connectivity index (χ1v) is 9.38. The average Bonchev–Trinajstić information content (AvgIpc) is 3.04. The number of thiophene rings is 1. The van der Waals surface area contributed by atoms with Crippen LogP contribution in [0.4, 0.5) is 0 Å². The number of hydrogen-bond acceptors (Lipinski definition) is 4. The first-order chi connectivity index (χ1) is 8.81. The van der Waals surface area contributed by atoms with Crippen molar-refractivity contribution in [3.63, 3.8) is 0 Å². The van der Waals surface area contributed by atoms with Gasteiger partial charge in [0.25, 0.3) is 0 Å². The van der Waals surface area contributed by atoms with Crippen molar-refractivity contribution < 1.29 is 8.42 Å². The Hall–Kier alpha value is 0.0500. The number of hydrogen-bond donors (Lipinski definition) is 2. The van der Waals surface area contributed by atoms with Crippen LogP contribution >= 0.6 is 27.3 Å². The van der Waals surface area contributed by atoms with E-state index >= 15 is 0 Å². The van der Waals surface area contributed by atoms with Gasteiger partial charge in [-0.1, -0.05) is 13.8 Å². The number of nitrogens with two attached hydrogens (primary N) is 1. The van der Waals surface area contributed by atoms with Crippen molar-refractivity contribution in [3.8, 4) is 0 Å². The fourth-order valence-electron chi connectivity index (χ4n) is 2.12. The van der Waals surface area contributed by atoms with E-state index in [0.717, 1.165) is 17.7 Å². The summed E-state index contributed by atoms with van der Waals surface area (Å²) < 4.78 is 28.0. The van der Waals surface area contributed by atoms with Crippen molar-refractivity contribution >= 4 is 37.3 Å². The molecular weight excluding hydrogens is 348 g/mol. The Morgan fingerprint density at radius 2 is 2.16 bits per heavy atom. The first kappa shape index (κ1) is 15.4. The van der Waals surface area contributed by atoms with Gasteiger partial charge in [-0.05, 0) is 46.2 Å². The average molecular weight is 367 g/mol. The van der Waals surface area contributed by atoms with Gasteiger partial charge in [-0.2, -0.15) is 0 Å². The molecule has 1 fully saturated rings. The van der Waals surface area contributed by atoms with E-state index in [4.69, 9.17) is 5.73 Å². The topological polar surface area (TPSA) is 72.2 Å². The van der Waals surface area contributed by atoms with Gasteiger partial charge in [-0.15, -0.1) is 11.3 Å². The zero-order valence-corrected chi connectivity index (χ0v) is 14.3. The van der Waals surface area contributed by atoms with Crippen molar-refractivity contribution in [1.29, 1.82) is 0 Å². The van der Waals surface area contributed by atoms with Crippen LogP contribution in [0.25, 0.3) is 0 Å². The van der Waals surface area contributed by atoms with Crippen molar-refractivity contribution in [1.82, 2.24) is 4.72 Å². The Bertz CT molecular complexity index is 562. The van der Waals surface area contributed by atoms with E-state index in [-0.39, 0.29) is 5.41 Å². The number of nitrogens with one attached hydrogen (secondary N) is 1. The molecule has 0 radical (unpaired) electrons. The highest BCUT2D eigenvalue weighted by Gasteiger charge is 2.45. The summed E-state index contributed by atoms with van der Waals surface area (Å²) in [6, 6.07) is 1.64. The van der Waals surface area contributed by atoms with Crippen LogP contribution < -0.4 is 10.5 Å². The van der Waals surface area contributed by atoms with E-state index in [2.05, 4.69) is 34.5 Å². The monoisotopic (exact) mass is 366 g/mol. The summed E-state index contributed by atoms with van der Waals surface area (Å²) in [4.78, 5) is 1.16. The SMILES string of the molecule is CC(C)C1(CNS(=O)(=O)c2cc(CN)sc2Br)CC1. The first-order valence-electron chi connectivity index (χ1n) is 6.29. The maximum absolute atomic E-state index is 12.3. The maximum atomic E-state index is 12.3. The Balaban J connectivity index is 2.12. The molecule has 0 bridgehead atoms. The maximum Gasteiger partial charge on any atom is 0.242 e. The minimum absolute atomic E-state index is 0.159. The molecule has 1 saturated carbocycles. The second-order valence-electron chi connectivity index (χ2n) is 5.40. The molecule has 19 heavy (non-hydrogen) atoms. The Morgan fingerprint density at radius 1 is 1.53 bits per heavy atom. The molecule has 1 aromatic rings. The minimum atomic E-state index is -3.45. The van der Waals surface area contributed by atoms with Gasteiger partial charge in [0.2, 0.25) is 10.0 Å². The van der Waals surface area contributed by atoms with Crippen LogP contribution in [0.1, 0.15) is 31.6 Å². The molecule has 0 unspecified atom stereocenters. The normalized spacial score (nSPS) is 17.9. The standard InChI is InChI=1S/C12H19BrN2O2S2/c1-8(2)12(3-4-12)7-15-19(16,17)10-5-9(6-14)18-11(10)13/h5,8,15H,3-4,6-7,14H2,1-2H3. The van der Waals surface area contributed by atoms with E-state index in [1.807, 2.05) is 0 Å². The number of halogens is 1. The predicted octanol–water partition coefficient (Wildman–Crippen LogP) is 2.68. The highest BCUT2D eigenvalue weighted by Crippen LogP contribution is 2.51. The largest absolute Gasteiger partial charge is 0.326 e. The predicted molar refractivity (Wildman–Crippen MR) is 81.6 cm³/mol. The number of rotatable bonds is 6.